The summed E-state index contributed by atoms with van der Waals surface area (Å²) in [5.74, 6) is 2.80. The van der Waals surface area contributed by atoms with Crippen molar-refractivity contribution in [2.24, 2.45) is 11.8 Å². The first-order valence-electron chi connectivity index (χ1n) is 8.14. The summed E-state index contributed by atoms with van der Waals surface area (Å²) in [4.78, 5) is 23.8. The number of nitrogens with one attached hydrogen (secondary N) is 1. The van der Waals surface area contributed by atoms with E-state index in [1.165, 1.54) is 7.11 Å². The van der Waals surface area contributed by atoms with Crippen LogP contribution in [0.25, 0.3) is 0 Å². The zero-order valence-corrected chi connectivity index (χ0v) is 13.2. The largest absolute Gasteiger partial charge is 0.467 e. The fourth-order valence-electron chi connectivity index (χ4n) is 3.22. The second-order valence-electron chi connectivity index (χ2n) is 6.23. The van der Waals surface area contributed by atoms with Gasteiger partial charge >= 0.3 is 12.1 Å². The van der Waals surface area contributed by atoms with Crippen molar-refractivity contribution in [3.05, 3.63) is 0 Å². The van der Waals surface area contributed by atoms with Gasteiger partial charge in [-0.2, -0.15) is 0 Å². The Hall–Kier alpha value is -1.70. The Morgan fingerprint density at radius 1 is 1.36 bits per heavy atom. The summed E-state index contributed by atoms with van der Waals surface area (Å²) in [6, 6.07) is -0.585. The molecule has 2 aliphatic rings. The van der Waals surface area contributed by atoms with Crippen LogP contribution in [0.3, 0.4) is 0 Å². The summed E-state index contributed by atoms with van der Waals surface area (Å²) in [6.07, 6.45) is 12.4. The number of carbonyl (C=O) groups excluding carboxylic acids is 2. The highest BCUT2D eigenvalue weighted by Gasteiger charge is 2.41. The molecule has 5 heteroatoms. The Morgan fingerprint density at radius 3 is 2.73 bits per heavy atom. The van der Waals surface area contributed by atoms with Crippen LogP contribution in [0.15, 0.2) is 0 Å². The van der Waals surface area contributed by atoms with Gasteiger partial charge in [0.25, 0.3) is 0 Å². The molecule has 0 heterocycles. The predicted octanol–water partition coefficient (Wildman–Crippen LogP) is 2.64. The van der Waals surface area contributed by atoms with Crippen molar-refractivity contribution in [2.45, 2.75) is 63.5 Å². The SMILES string of the molecule is C#CCCC[C@@H]1C[C@H]1OC(=O)N[C@H](C(=O)OC)C1CCCC1. The van der Waals surface area contributed by atoms with Crippen LogP contribution in [-0.2, 0) is 14.3 Å². The predicted molar refractivity (Wildman–Crippen MR) is 82.0 cm³/mol. The summed E-state index contributed by atoms with van der Waals surface area (Å²) >= 11 is 0. The summed E-state index contributed by atoms with van der Waals surface area (Å²) in [6.45, 7) is 0. The maximum Gasteiger partial charge on any atom is 0.408 e. The van der Waals surface area contributed by atoms with E-state index < -0.39 is 12.1 Å². The third kappa shape index (κ3) is 4.66. The first-order chi connectivity index (χ1) is 10.7. The van der Waals surface area contributed by atoms with Crippen molar-refractivity contribution in [1.82, 2.24) is 5.32 Å². The molecule has 0 radical (unpaired) electrons. The van der Waals surface area contributed by atoms with Gasteiger partial charge in [0.05, 0.1) is 7.11 Å². The molecule has 0 aromatic heterocycles. The van der Waals surface area contributed by atoms with Gasteiger partial charge in [-0.05, 0) is 43.9 Å². The maximum absolute atomic E-state index is 12.0. The fourth-order valence-corrected chi connectivity index (χ4v) is 3.22. The molecule has 2 rings (SSSR count). The lowest BCUT2D eigenvalue weighted by Crippen LogP contribution is -2.46. The topological polar surface area (TPSA) is 64.6 Å². The first kappa shape index (κ1) is 16.7. The van der Waals surface area contributed by atoms with Gasteiger partial charge < -0.3 is 14.8 Å². The van der Waals surface area contributed by atoms with Crippen LogP contribution in [0.1, 0.15) is 51.4 Å². The number of hydrogen-bond acceptors (Lipinski definition) is 4. The number of terminal acetylenes is 1. The smallest absolute Gasteiger partial charge is 0.408 e. The molecule has 22 heavy (non-hydrogen) atoms. The van der Waals surface area contributed by atoms with Gasteiger partial charge in [-0.25, -0.2) is 9.59 Å². The molecule has 2 fully saturated rings. The van der Waals surface area contributed by atoms with Crippen LogP contribution < -0.4 is 5.32 Å². The van der Waals surface area contributed by atoms with Crippen molar-refractivity contribution in [2.75, 3.05) is 7.11 Å². The van der Waals surface area contributed by atoms with Gasteiger partial charge in [-0.3, -0.25) is 0 Å². The van der Waals surface area contributed by atoms with Crippen LogP contribution in [0.2, 0.25) is 0 Å². The van der Waals surface area contributed by atoms with E-state index in [1.54, 1.807) is 0 Å². The maximum atomic E-state index is 12.0. The molecule has 1 amide bonds. The van der Waals surface area contributed by atoms with Gasteiger partial charge in [0, 0.05) is 6.42 Å². The second kappa shape index (κ2) is 8.07. The van der Waals surface area contributed by atoms with Crippen molar-refractivity contribution in [3.63, 3.8) is 0 Å². The molecule has 0 bridgehead atoms. The number of hydrogen-bond donors (Lipinski definition) is 1. The lowest BCUT2D eigenvalue weighted by atomic mass is 9.98. The normalized spacial score (nSPS) is 25.1. The van der Waals surface area contributed by atoms with E-state index in [1.807, 2.05) is 0 Å². The molecule has 3 atom stereocenters. The van der Waals surface area contributed by atoms with Gasteiger partial charge in [-0.1, -0.05) is 12.8 Å². The van der Waals surface area contributed by atoms with Crippen LogP contribution in [0.4, 0.5) is 4.79 Å². The van der Waals surface area contributed by atoms with Crippen LogP contribution in [0, 0.1) is 24.2 Å². The Labute approximate surface area is 132 Å². The fraction of sp³-hybridized carbons (Fsp3) is 0.765. The van der Waals surface area contributed by atoms with Gasteiger partial charge in [0.15, 0.2) is 0 Å². The van der Waals surface area contributed by atoms with Crippen LogP contribution >= 0.6 is 0 Å². The van der Waals surface area contributed by atoms with E-state index in [-0.39, 0.29) is 18.0 Å². The van der Waals surface area contributed by atoms with Crippen molar-refractivity contribution >= 4 is 12.1 Å². The summed E-state index contributed by atoms with van der Waals surface area (Å²) in [7, 11) is 1.35. The molecule has 0 saturated heterocycles. The Bertz CT molecular complexity index is 436. The molecule has 0 spiro atoms. The lowest BCUT2D eigenvalue weighted by Gasteiger charge is -2.21. The number of unbranched alkanes of at least 4 members (excludes halogenated alkanes) is 1. The average molecular weight is 307 g/mol. The number of amides is 1. The molecule has 0 unspecified atom stereocenters. The molecule has 5 nitrogen and oxygen atoms in total. The zero-order valence-electron chi connectivity index (χ0n) is 13.2. The first-order valence-corrected chi connectivity index (χ1v) is 8.14. The number of methoxy groups -OCH3 is 1. The van der Waals surface area contributed by atoms with Crippen LogP contribution in [0.5, 0.6) is 0 Å². The standard InChI is InChI=1S/C17H25NO4/c1-3-4-5-10-13-11-14(13)22-17(20)18-15(16(19)21-2)12-8-6-7-9-12/h1,12-15H,4-11H2,2H3,(H,18,20)/t13-,14-,15+/m1/s1. The highest BCUT2D eigenvalue weighted by Crippen LogP contribution is 2.38. The number of esters is 1. The molecule has 0 aliphatic heterocycles. The Morgan fingerprint density at radius 2 is 2.09 bits per heavy atom. The van der Waals surface area contributed by atoms with E-state index in [0.717, 1.165) is 51.4 Å². The number of ether oxygens (including phenoxy) is 2. The highest BCUT2D eigenvalue weighted by molar-refractivity contribution is 5.81. The summed E-state index contributed by atoms with van der Waals surface area (Å²) < 4.78 is 10.2. The van der Waals surface area contributed by atoms with Gasteiger partial charge in [-0.15, -0.1) is 12.3 Å². The van der Waals surface area contributed by atoms with E-state index in [4.69, 9.17) is 15.9 Å². The number of alkyl carbamates (subject to hydrolysis) is 1. The lowest BCUT2D eigenvalue weighted by molar-refractivity contribution is -0.144. The Balaban J connectivity index is 1.75. The summed E-state index contributed by atoms with van der Waals surface area (Å²) in [5.41, 5.74) is 0. The molecule has 1 N–H and O–H groups in total. The molecule has 122 valence electrons. The minimum absolute atomic E-state index is 0.0281. The molecule has 0 aromatic rings. The molecule has 2 aliphatic carbocycles. The number of rotatable bonds is 7. The van der Waals surface area contributed by atoms with Crippen LogP contribution in [-0.4, -0.2) is 31.3 Å². The van der Waals surface area contributed by atoms with E-state index in [9.17, 15) is 9.59 Å². The molecule has 2 saturated carbocycles. The van der Waals surface area contributed by atoms with E-state index in [2.05, 4.69) is 11.2 Å². The Kier molecular flexibility index (Phi) is 6.11. The van der Waals surface area contributed by atoms with Gasteiger partial charge in [0.2, 0.25) is 0 Å². The van der Waals surface area contributed by atoms with E-state index in [0.29, 0.717) is 5.92 Å². The zero-order chi connectivity index (χ0) is 15.9. The second-order valence-corrected chi connectivity index (χ2v) is 6.23. The van der Waals surface area contributed by atoms with Gasteiger partial charge in [0.1, 0.15) is 12.1 Å². The average Bonchev–Trinajstić information content (AvgIpc) is 3.02. The third-order valence-electron chi connectivity index (χ3n) is 4.61. The molecular weight excluding hydrogens is 282 g/mol. The quantitative estimate of drug-likeness (QED) is 0.446. The molecule has 0 aromatic carbocycles. The number of carbonyl (C=O) groups is 2. The molecular formula is C17H25NO4. The minimum Gasteiger partial charge on any atom is -0.467 e. The van der Waals surface area contributed by atoms with Crippen molar-refractivity contribution < 1.29 is 19.1 Å². The van der Waals surface area contributed by atoms with Crippen molar-refractivity contribution in [3.8, 4) is 12.3 Å². The van der Waals surface area contributed by atoms with Crippen molar-refractivity contribution in [1.29, 1.82) is 0 Å². The van der Waals surface area contributed by atoms with E-state index >= 15 is 0 Å². The highest BCUT2D eigenvalue weighted by atomic mass is 16.6. The summed E-state index contributed by atoms with van der Waals surface area (Å²) in [5, 5.41) is 2.70. The third-order valence-corrected chi connectivity index (χ3v) is 4.61. The monoisotopic (exact) mass is 307 g/mol. The minimum atomic E-state index is -0.585.